The summed E-state index contributed by atoms with van der Waals surface area (Å²) in [4.78, 5) is 28.6. The number of halogens is 1. The van der Waals surface area contributed by atoms with Crippen molar-refractivity contribution < 1.29 is 22.7 Å². The van der Waals surface area contributed by atoms with Crippen LogP contribution in [0.15, 0.2) is 114 Å². The number of carbonyl (C=O) groups excluding carboxylic acids is 2. The summed E-state index contributed by atoms with van der Waals surface area (Å²) in [5.41, 5.74) is 1.01. The molecule has 4 rings (SSSR count). The molecule has 10 heteroatoms. The lowest BCUT2D eigenvalue weighted by atomic mass is 10.1. The van der Waals surface area contributed by atoms with Crippen LogP contribution in [0, 0.1) is 5.92 Å². The van der Waals surface area contributed by atoms with Gasteiger partial charge in [-0.15, -0.1) is 0 Å². The van der Waals surface area contributed by atoms with Gasteiger partial charge in [-0.05, 0) is 79.1 Å². The smallest absolute Gasteiger partial charge is 0.264 e. The summed E-state index contributed by atoms with van der Waals surface area (Å²) >= 11 is 6.07. The molecule has 1 N–H and O–H groups in total. The van der Waals surface area contributed by atoms with E-state index in [9.17, 15) is 18.0 Å². The van der Waals surface area contributed by atoms with Gasteiger partial charge in [0.1, 0.15) is 24.1 Å². The predicted molar refractivity (Wildman–Crippen MR) is 173 cm³/mol. The lowest BCUT2D eigenvalue weighted by Gasteiger charge is -2.32. The molecule has 0 saturated heterocycles. The van der Waals surface area contributed by atoms with Crippen molar-refractivity contribution >= 4 is 39.1 Å². The third-order valence-corrected chi connectivity index (χ3v) is 8.87. The van der Waals surface area contributed by atoms with Gasteiger partial charge in [0.25, 0.3) is 10.0 Å². The van der Waals surface area contributed by atoms with Gasteiger partial charge in [-0.1, -0.05) is 74.0 Å². The van der Waals surface area contributed by atoms with Crippen molar-refractivity contribution in [1.82, 2.24) is 10.2 Å². The molecule has 0 saturated carbocycles. The van der Waals surface area contributed by atoms with Gasteiger partial charge in [-0.25, -0.2) is 8.42 Å². The number of hydrogen-bond donors (Lipinski definition) is 1. The van der Waals surface area contributed by atoms with Gasteiger partial charge in [0.2, 0.25) is 11.8 Å². The van der Waals surface area contributed by atoms with E-state index in [0.29, 0.717) is 23.1 Å². The summed E-state index contributed by atoms with van der Waals surface area (Å²) in [6, 6.07) is 29.7. The lowest BCUT2D eigenvalue weighted by Crippen LogP contribution is -2.51. The number of benzene rings is 4. The predicted octanol–water partition coefficient (Wildman–Crippen LogP) is 6.52. The van der Waals surface area contributed by atoms with Gasteiger partial charge in [0.15, 0.2) is 0 Å². The Labute approximate surface area is 264 Å². The largest absolute Gasteiger partial charge is 0.457 e. The normalized spacial score (nSPS) is 11.9. The first-order valence-electron chi connectivity index (χ1n) is 14.3. The van der Waals surface area contributed by atoms with Gasteiger partial charge < -0.3 is 15.0 Å². The minimum absolute atomic E-state index is 0.0318. The quantitative estimate of drug-likeness (QED) is 0.181. The number of anilines is 1. The van der Waals surface area contributed by atoms with E-state index in [2.05, 4.69) is 5.32 Å². The van der Waals surface area contributed by atoms with Crippen LogP contribution in [0.2, 0.25) is 5.02 Å². The number of ether oxygens (including phenoxy) is 1. The summed E-state index contributed by atoms with van der Waals surface area (Å²) in [6.45, 7) is 5.57. The summed E-state index contributed by atoms with van der Waals surface area (Å²) < 4.78 is 34.9. The van der Waals surface area contributed by atoms with E-state index in [1.165, 1.54) is 17.0 Å². The van der Waals surface area contributed by atoms with Crippen LogP contribution < -0.4 is 14.4 Å². The number of nitrogens with zero attached hydrogens (tertiary/aromatic N) is 2. The molecule has 1 atom stereocenters. The number of hydrogen-bond acceptors (Lipinski definition) is 5. The Bertz CT molecular complexity index is 1630. The third-order valence-electron chi connectivity index (χ3n) is 6.83. The molecule has 0 aliphatic carbocycles. The zero-order chi connectivity index (χ0) is 31.7. The van der Waals surface area contributed by atoms with Crippen LogP contribution in [0.5, 0.6) is 11.5 Å². The van der Waals surface area contributed by atoms with E-state index in [1.54, 1.807) is 73.7 Å². The van der Waals surface area contributed by atoms with Crippen LogP contribution in [0.3, 0.4) is 0 Å². The lowest BCUT2D eigenvalue weighted by molar-refractivity contribution is -0.139. The highest BCUT2D eigenvalue weighted by Crippen LogP contribution is 2.28. The molecule has 2 amide bonds. The second-order valence-electron chi connectivity index (χ2n) is 10.7. The van der Waals surface area contributed by atoms with Crippen LogP contribution in [0.1, 0.15) is 26.3 Å². The van der Waals surface area contributed by atoms with E-state index in [-0.39, 0.29) is 29.0 Å². The second-order valence-corrected chi connectivity index (χ2v) is 13.0. The Morgan fingerprint density at radius 1 is 0.795 bits per heavy atom. The Morgan fingerprint density at radius 2 is 1.36 bits per heavy atom. The van der Waals surface area contributed by atoms with Crippen LogP contribution in [-0.4, -0.2) is 44.3 Å². The van der Waals surface area contributed by atoms with Gasteiger partial charge in [0.05, 0.1) is 10.6 Å². The fourth-order valence-corrected chi connectivity index (χ4v) is 5.94. The van der Waals surface area contributed by atoms with Gasteiger partial charge in [-0.2, -0.15) is 0 Å². The minimum atomic E-state index is -4.17. The topological polar surface area (TPSA) is 96.0 Å². The molecule has 0 aliphatic heterocycles. The van der Waals surface area contributed by atoms with E-state index in [1.807, 2.05) is 44.2 Å². The third kappa shape index (κ3) is 8.61. The van der Waals surface area contributed by atoms with E-state index < -0.39 is 28.5 Å². The number of nitrogens with one attached hydrogen (secondary N) is 1. The van der Waals surface area contributed by atoms with E-state index >= 15 is 0 Å². The fraction of sp³-hybridized carbons (Fsp3) is 0.235. The maximum atomic E-state index is 14.1. The van der Waals surface area contributed by atoms with Crippen molar-refractivity contribution in [3.63, 3.8) is 0 Å². The fourth-order valence-electron chi connectivity index (χ4n) is 4.38. The molecular weight excluding hydrogens is 598 g/mol. The summed E-state index contributed by atoms with van der Waals surface area (Å²) in [7, 11) is -4.17. The van der Waals surface area contributed by atoms with Gasteiger partial charge in [0, 0.05) is 18.1 Å². The first kappa shape index (κ1) is 32.6. The zero-order valence-corrected chi connectivity index (χ0v) is 26.5. The van der Waals surface area contributed by atoms with Crippen molar-refractivity contribution in [2.24, 2.45) is 5.92 Å². The molecule has 1 unspecified atom stereocenters. The highest BCUT2D eigenvalue weighted by molar-refractivity contribution is 7.92. The van der Waals surface area contributed by atoms with Crippen molar-refractivity contribution in [2.45, 2.75) is 38.3 Å². The first-order chi connectivity index (χ1) is 21.0. The maximum Gasteiger partial charge on any atom is 0.264 e. The molecule has 0 bridgehead atoms. The SMILES string of the molecule is CC(C)CNC(=O)C(C)N(Cc1ccc(Cl)cc1)C(=O)CN(c1ccc(Oc2ccccc2)cc1)S(=O)(=O)c1ccccc1. The molecule has 8 nitrogen and oxygen atoms in total. The van der Waals surface area contributed by atoms with Gasteiger partial charge in [-0.3, -0.25) is 13.9 Å². The molecule has 0 heterocycles. The van der Waals surface area contributed by atoms with E-state index in [0.717, 1.165) is 9.87 Å². The molecule has 44 heavy (non-hydrogen) atoms. The molecule has 0 radical (unpaired) electrons. The van der Waals surface area contributed by atoms with Crippen LogP contribution in [-0.2, 0) is 26.2 Å². The molecule has 0 fully saturated rings. The van der Waals surface area contributed by atoms with Crippen molar-refractivity contribution in [3.8, 4) is 11.5 Å². The van der Waals surface area contributed by atoms with Crippen LogP contribution >= 0.6 is 11.6 Å². The minimum Gasteiger partial charge on any atom is -0.457 e. The van der Waals surface area contributed by atoms with E-state index in [4.69, 9.17) is 16.3 Å². The average molecular weight is 634 g/mol. The number of carbonyl (C=O) groups is 2. The Morgan fingerprint density at radius 3 is 1.95 bits per heavy atom. The van der Waals surface area contributed by atoms with Crippen molar-refractivity contribution in [3.05, 3.63) is 120 Å². The highest BCUT2D eigenvalue weighted by atomic mass is 35.5. The second kappa shape index (κ2) is 14.9. The average Bonchev–Trinajstić information content (AvgIpc) is 3.03. The van der Waals surface area contributed by atoms with Crippen molar-refractivity contribution in [2.75, 3.05) is 17.4 Å². The Balaban J connectivity index is 1.67. The van der Waals surface area contributed by atoms with Crippen LogP contribution in [0.25, 0.3) is 0 Å². The van der Waals surface area contributed by atoms with Crippen LogP contribution in [0.4, 0.5) is 5.69 Å². The highest BCUT2D eigenvalue weighted by Gasteiger charge is 2.32. The van der Waals surface area contributed by atoms with Crippen molar-refractivity contribution in [1.29, 1.82) is 0 Å². The monoisotopic (exact) mass is 633 g/mol. The summed E-state index contributed by atoms with van der Waals surface area (Å²) in [6.07, 6.45) is 0. The standard InChI is InChI=1S/C34H36ClN3O5S/c1-25(2)22-36-34(40)26(3)37(23-27-14-16-28(35)17-15-27)33(39)24-38(44(41,42)32-12-8-5-9-13-32)29-18-20-31(21-19-29)43-30-10-6-4-7-11-30/h4-21,25-26H,22-24H2,1-3H3,(H,36,40). The molecule has 4 aromatic rings. The zero-order valence-electron chi connectivity index (χ0n) is 24.9. The molecule has 4 aromatic carbocycles. The molecule has 0 aromatic heterocycles. The molecular formula is C34H36ClN3O5S. The summed E-state index contributed by atoms with van der Waals surface area (Å²) in [5, 5.41) is 3.42. The molecule has 230 valence electrons. The Kier molecular flexibility index (Phi) is 11.0. The number of para-hydroxylation sites is 1. The number of sulfonamides is 1. The Hall–Kier alpha value is -4.34. The van der Waals surface area contributed by atoms with Gasteiger partial charge >= 0.3 is 0 Å². The maximum absolute atomic E-state index is 14.1. The summed E-state index contributed by atoms with van der Waals surface area (Å²) in [5.74, 6) is 0.471. The number of rotatable bonds is 13. The molecule has 0 aliphatic rings. The number of amides is 2. The molecule has 0 spiro atoms. The first-order valence-corrected chi connectivity index (χ1v) is 16.1.